The Morgan fingerprint density at radius 2 is 1.70 bits per heavy atom. The molecular formula is C21H27N5O3S. The highest BCUT2D eigenvalue weighted by Gasteiger charge is 2.21. The molecule has 0 fully saturated rings. The van der Waals surface area contributed by atoms with Crippen LogP contribution < -0.4 is 16.6 Å². The van der Waals surface area contributed by atoms with E-state index < -0.39 is 11.2 Å². The lowest BCUT2D eigenvalue weighted by atomic mass is 10.1. The molecule has 1 aromatic carbocycles. The van der Waals surface area contributed by atoms with E-state index in [0.29, 0.717) is 16.3 Å². The van der Waals surface area contributed by atoms with Crippen LogP contribution in [0.5, 0.6) is 0 Å². The molecule has 3 aromatic rings. The van der Waals surface area contributed by atoms with Crippen LogP contribution in [0.15, 0.2) is 26.9 Å². The zero-order valence-electron chi connectivity index (χ0n) is 18.4. The average Bonchev–Trinajstić information content (AvgIpc) is 3.06. The number of hydrogen-bond acceptors (Lipinski definition) is 5. The Labute approximate surface area is 178 Å². The molecule has 160 valence electrons. The summed E-state index contributed by atoms with van der Waals surface area (Å²) in [5.41, 5.74) is 3.86. The fourth-order valence-corrected chi connectivity index (χ4v) is 4.58. The van der Waals surface area contributed by atoms with Crippen molar-refractivity contribution in [3.05, 3.63) is 49.7 Å². The largest absolute Gasteiger partial charge is 0.332 e. The topological polar surface area (TPSA) is 90.9 Å². The molecular weight excluding hydrogens is 402 g/mol. The van der Waals surface area contributed by atoms with Gasteiger partial charge >= 0.3 is 5.69 Å². The van der Waals surface area contributed by atoms with Crippen LogP contribution >= 0.6 is 11.8 Å². The van der Waals surface area contributed by atoms with Gasteiger partial charge in [-0.15, -0.1) is 0 Å². The highest BCUT2D eigenvalue weighted by Crippen LogP contribution is 2.26. The lowest BCUT2D eigenvalue weighted by Crippen LogP contribution is -2.37. The molecule has 8 nitrogen and oxygen atoms in total. The molecule has 0 aliphatic carbocycles. The smallest absolute Gasteiger partial charge is 0.325 e. The van der Waals surface area contributed by atoms with Gasteiger partial charge in [-0.1, -0.05) is 29.5 Å². The first-order valence-corrected chi connectivity index (χ1v) is 10.7. The third-order valence-corrected chi connectivity index (χ3v) is 6.00. The molecule has 0 radical (unpaired) electrons. The molecule has 0 bridgehead atoms. The molecule has 2 aromatic heterocycles. The molecule has 0 saturated heterocycles. The van der Waals surface area contributed by atoms with Gasteiger partial charge in [-0.05, 0) is 45.7 Å². The van der Waals surface area contributed by atoms with E-state index in [-0.39, 0.29) is 17.7 Å². The van der Waals surface area contributed by atoms with Crippen LogP contribution in [0.4, 0.5) is 5.69 Å². The van der Waals surface area contributed by atoms with Gasteiger partial charge in [0.25, 0.3) is 5.56 Å². The van der Waals surface area contributed by atoms with Crippen LogP contribution in [0.25, 0.3) is 11.2 Å². The van der Waals surface area contributed by atoms with Crippen molar-refractivity contribution < 1.29 is 4.79 Å². The zero-order chi connectivity index (χ0) is 22.3. The minimum absolute atomic E-state index is 0.0626. The van der Waals surface area contributed by atoms with Crippen LogP contribution in [0.3, 0.4) is 0 Å². The molecule has 2 heterocycles. The molecule has 0 atom stereocenters. The molecule has 30 heavy (non-hydrogen) atoms. The van der Waals surface area contributed by atoms with E-state index in [1.165, 1.54) is 23.4 Å². The van der Waals surface area contributed by atoms with Gasteiger partial charge < -0.3 is 9.88 Å². The van der Waals surface area contributed by atoms with E-state index in [9.17, 15) is 14.4 Å². The van der Waals surface area contributed by atoms with E-state index in [4.69, 9.17) is 0 Å². The summed E-state index contributed by atoms with van der Waals surface area (Å²) in [6.07, 6.45) is 0. The van der Waals surface area contributed by atoms with Crippen molar-refractivity contribution in [1.82, 2.24) is 18.7 Å². The number of nitrogens with zero attached hydrogens (tertiary/aromatic N) is 4. The molecule has 0 spiro atoms. The first-order chi connectivity index (χ1) is 14.0. The van der Waals surface area contributed by atoms with Gasteiger partial charge in [0, 0.05) is 25.8 Å². The molecule has 9 heteroatoms. The molecule has 0 saturated carbocycles. The van der Waals surface area contributed by atoms with E-state index >= 15 is 0 Å². The molecule has 1 N–H and O–H groups in total. The summed E-state index contributed by atoms with van der Waals surface area (Å²) in [5.74, 6) is -0.0175. The number of aromatic nitrogens is 4. The second-order valence-electron chi connectivity index (χ2n) is 7.85. The van der Waals surface area contributed by atoms with Crippen molar-refractivity contribution in [3.63, 3.8) is 0 Å². The summed E-state index contributed by atoms with van der Waals surface area (Å²) in [5, 5.41) is 3.51. The fourth-order valence-electron chi connectivity index (χ4n) is 3.66. The van der Waals surface area contributed by atoms with Crippen molar-refractivity contribution in [3.8, 4) is 0 Å². The quantitative estimate of drug-likeness (QED) is 0.630. The summed E-state index contributed by atoms with van der Waals surface area (Å²) in [6, 6.07) is 4.00. The maximum Gasteiger partial charge on any atom is 0.332 e. The lowest BCUT2D eigenvalue weighted by molar-refractivity contribution is -0.113. The Bertz CT molecular complexity index is 1240. The van der Waals surface area contributed by atoms with Gasteiger partial charge in [0.2, 0.25) is 5.91 Å². The second kappa shape index (κ2) is 8.14. The predicted molar refractivity (Wildman–Crippen MR) is 121 cm³/mol. The molecule has 3 rings (SSSR count). The summed E-state index contributed by atoms with van der Waals surface area (Å²) >= 11 is 1.25. The van der Waals surface area contributed by atoms with Crippen LogP contribution in [0.1, 0.15) is 36.6 Å². The van der Waals surface area contributed by atoms with E-state index in [1.54, 1.807) is 11.6 Å². The van der Waals surface area contributed by atoms with E-state index in [2.05, 4.69) is 10.3 Å². The normalized spacial score (nSPS) is 11.5. The summed E-state index contributed by atoms with van der Waals surface area (Å²) < 4.78 is 4.23. The third-order valence-electron chi connectivity index (χ3n) is 5.05. The molecule has 0 unspecified atom stereocenters. The number of thioether (sulfide) groups is 1. The Hall–Kier alpha value is -2.81. The Balaban J connectivity index is 1.93. The number of benzene rings is 1. The van der Waals surface area contributed by atoms with Crippen molar-refractivity contribution in [2.45, 2.75) is 45.8 Å². The van der Waals surface area contributed by atoms with Crippen molar-refractivity contribution in [1.29, 1.82) is 0 Å². The minimum atomic E-state index is -0.430. The SMILES string of the molecule is Cc1cc(C)c(NC(=O)CSc2nc3c(c(=O)n(C)c(=O)n3C)n2C(C)C)c(C)c1. The standard InChI is InChI=1S/C21H27N5O3S/c1-11(2)26-17-18(24(6)21(29)25(7)19(17)28)23-20(26)30-10-15(27)22-16-13(4)8-12(3)9-14(16)5/h8-9,11H,10H2,1-7H3,(H,22,27). The monoisotopic (exact) mass is 429 g/mol. The number of rotatable bonds is 5. The second-order valence-corrected chi connectivity index (χ2v) is 8.79. The highest BCUT2D eigenvalue weighted by molar-refractivity contribution is 7.99. The number of amides is 1. The lowest BCUT2D eigenvalue weighted by Gasteiger charge is -2.14. The van der Waals surface area contributed by atoms with Crippen molar-refractivity contribution in [2.75, 3.05) is 11.1 Å². The Morgan fingerprint density at radius 3 is 2.27 bits per heavy atom. The highest BCUT2D eigenvalue weighted by atomic mass is 32.2. The predicted octanol–water partition coefficient (Wildman–Crippen LogP) is 2.67. The van der Waals surface area contributed by atoms with Gasteiger partial charge in [-0.25, -0.2) is 9.78 Å². The van der Waals surface area contributed by atoms with Crippen LogP contribution in [0.2, 0.25) is 0 Å². The van der Waals surface area contributed by atoms with Crippen LogP contribution in [-0.2, 0) is 18.9 Å². The van der Waals surface area contributed by atoms with Gasteiger partial charge in [-0.3, -0.25) is 18.7 Å². The van der Waals surface area contributed by atoms with Crippen molar-refractivity contribution in [2.24, 2.45) is 14.1 Å². The number of hydrogen-bond donors (Lipinski definition) is 1. The molecule has 1 amide bonds. The van der Waals surface area contributed by atoms with Gasteiger partial charge in [-0.2, -0.15) is 0 Å². The van der Waals surface area contributed by atoms with Gasteiger partial charge in [0.05, 0.1) is 5.75 Å². The number of imidazole rings is 1. The summed E-state index contributed by atoms with van der Waals surface area (Å²) in [7, 11) is 3.04. The van der Waals surface area contributed by atoms with E-state index in [1.807, 2.05) is 46.8 Å². The number of nitrogens with one attached hydrogen (secondary N) is 1. The maximum absolute atomic E-state index is 12.7. The first kappa shape index (κ1) is 21.9. The number of aryl methyl sites for hydroxylation is 4. The zero-order valence-corrected chi connectivity index (χ0v) is 19.2. The van der Waals surface area contributed by atoms with Crippen LogP contribution in [-0.4, -0.2) is 30.3 Å². The van der Waals surface area contributed by atoms with Crippen molar-refractivity contribution >= 4 is 34.5 Å². The minimum Gasteiger partial charge on any atom is -0.325 e. The fraction of sp³-hybridized carbons (Fsp3) is 0.429. The maximum atomic E-state index is 12.7. The Morgan fingerprint density at radius 1 is 1.10 bits per heavy atom. The van der Waals surface area contributed by atoms with Gasteiger partial charge in [0.1, 0.15) is 0 Å². The Kier molecular flexibility index (Phi) is 5.94. The van der Waals surface area contributed by atoms with Gasteiger partial charge in [0.15, 0.2) is 16.3 Å². The number of fused-ring (bicyclic) bond motifs is 1. The number of carbonyl (C=O) groups excluding carboxylic acids is 1. The third kappa shape index (κ3) is 3.81. The first-order valence-electron chi connectivity index (χ1n) is 9.71. The van der Waals surface area contributed by atoms with Crippen LogP contribution in [0, 0.1) is 20.8 Å². The number of carbonyl (C=O) groups is 1. The average molecular weight is 430 g/mol. The summed E-state index contributed by atoms with van der Waals surface area (Å²) in [6.45, 7) is 9.84. The summed E-state index contributed by atoms with van der Waals surface area (Å²) in [4.78, 5) is 42.1. The molecule has 0 aliphatic rings. The molecule has 0 aliphatic heterocycles. The van der Waals surface area contributed by atoms with E-state index in [0.717, 1.165) is 26.9 Å². The number of anilines is 1.